The predicted molar refractivity (Wildman–Crippen MR) is 85.0 cm³/mol. The second-order valence-electron chi connectivity index (χ2n) is 5.21. The molecule has 21 heavy (non-hydrogen) atoms. The molecule has 1 aromatic carbocycles. The summed E-state index contributed by atoms with van der Waals surface area (Å²) in [6, 6.07) is 11.8. The van der Waals surface area contributed by atoms with Crippen LogP contribution in [0.5, 0.6) is 5.75 Å². The number of nitrogens with one attached hydrogen (secondary N) is 1. The fraction of sp³-hybridized carbons (Fsp3) is 0.353. The van der Waals surface area contributed by atoms with Crippen LogP contribution in [0.2, 0.25) is 0 Å². The zero-order chi connectivity index (χ0) is 15.2. The number of rotatable bonds is 6. The fourth-order valence-electron chi connectivity index (χ4n) is 2.41. The van der Waals surface area contributed by atoms with Gasteiger partial charge in [0.15, 0.2) is 0 Å². The molecular weight excluding hydrogens is 262 g/mol. The molecule has 112 valence electrons. The van der Waals surface area contributed by atoms with Crippen molar-refractivity contribution in [1.82, 2.24) is 10.4 Å². The zero-order valence-electron chi connectivity index (χ0n) is 12.8. The Bertz CT molecular complexity index is 584. The first-order valence-electron chi connectivity index (χ1n) is 7.32. The highest BCUT2D eigenvalue weighted by Gasteiger charge is 2.20. The molecule has 0 bridgehead atoms. The number of ether oxygens (including phenoxy) is 1. The number of nitrogens with zero attached hydrogens (tertiary/aromatic N) is 1. The summed E-state index contributed by atoms with van der Waals surface area (Å²) >= 11 is 0. The van der Waals surface area contributed by atoms with Crippen LogP contribution in [0.1, 0.15) is 43.6 Å². The lowest BCUT2D eigenvalue weighted by atomic mass is 9.98. The van der Waals surface area contributed by atoms with Crippen molar-refractivity contribution < 1.29 is 4.74 Å². The Balaban J connectivity index is 2.46. The number of nitrogens with two attached hydrogens (primary N) is 1. The first kappa shape index (κ1) is 15.5. The average molecular weight is 285 g/mol. The Morgan fingerprint density at radius 3 is 2.62 bits per heavy atom. The summed E-state index contributed by atoms with van der Waals surface area (Å²) < 4.78 is 5.90. The molecule has 2 aromatic rings. The van der Waals surface area contributed by atoms with Gasteiger partial charge in [-0.3, -0.25) is 10.8 Å². The van der Waals surface area contributed by atoms with Gasteiger partial charge in [-0.25, -0.2) is 5.43 Å². The van der Waals surface area contributed by atoms with E-state index in [2.05, 4.69) is 23.4 Å². The number of aromatic nitrogens is 1. The van der Waals surface area contributed by atoms with Gasteiger partial charge in [0.05, 0.1) is 17.8 Å². The van der Waals surface area contributed by atoms with E-state index in [-0.39, 0.29) is 12.1 Å². The zero-order valence-corrected chi connectivity index (χ0v) is 12.8. The molecule has 0 fully saturated rings. The first-order valence-corrected chi connectivity index (χ1v) is 7.32. The van der Waals surface area contributed by atoms with Crippen LogP contribution >= 0.6 is 0 Å². The lowest BCUT2D eigenvalue weighted by Crippen LogP contribution is -2.31. The summed E-state index contributed by atoms with van der Waals surface area (Å²) in [5, 5.41) is 0. The Hall–Kier alpha value is -1.91. The second kappa shape index (κ2) is 7.20. The molecule has 1 aromatic heterocycles. The van der Waals surface area contributed by atoms with Gasteiger partial charge in [-0.2, -0.15) is 0 Å². The molecule has 3 N–H and O–H groups in total. The minimum absolute atomic E-state index is 0.110. The molecule has 2 rings (SSSR count). The number of hydrazine groups is 1. The summed E-state index contributed by atoms with van der Waals surface area (Å²) in [5.41, 5.74) is 6.01. The van der Waals surface area contributed by atoms with Gasteiger partial charge < -0.3 is 4.74 Å². The van der Waals surface area contributed by atoms with Crippen LogP contribution in [0.3, 0.4) is 0 Å². The molecule has 0 aliphatic rings. The fourth-order valence-corrected chi connectivity index (χ4v) is 2.41. The van der Waals surface area contributed by atoms with Gasteiger partial charge >= 0.3 is 0 Å². The Labute approximate surface area is 126 Å². The van der Waals surface area contributed by atoms with E-state index in [1.165, 1.54) is 5.56 Å². The molecule has 0 spiro atoms. The molecular formula is C17H23N3O. The molecule has 0 aliphatic carbocycles. The number of pyridine rings is 1. The SMILES string of the molecule is CCc1cccnc1C(NN)c1ccccc1OC(C)C. The standard InChI is InChI=1S/C17H23N3O/c1-4-13-8-7-11-19-16(13)17(20-18)14-9-5-6-10-15(14)21-12(2)3/h5-12,17,20H,4,18H2,1-3H3. The van der Waals surface area contributed by atoms with E-state index in [0.717, 1.165) is 23.4 Å². The van der Waals surface area contributed by atoms with Crippen molar-refractivity contribution in [3.05, 3.63) is 59.4 Å². The van der Waals surface area contributed by atoms with E-state index >= 15 is 0 Å². The van der Waals surface area contributed by atoms with Crippen molar-refractivity contribution in [2.45, 2.75) is 39.3 Å². The molecule has 0 amide bonds. The van der Waals surface area contributed by atoms with Gasteiger partial charge in [0.2, 0.25) is 0 Å². The highest BCUT2D eigenvalue weighted by atomic mass is 16.5. The average Bonchev–Trinajstić information content (AvgIpc) is 2.49. The predicted octanol–water partition coefficient (Wildman–Crippen LogP) is 2.98. The van der Waals surface area contributed by atoms with Crippen molar-refractivity contribution >= 4 is 0 Å². The molecule has 0 radical (unpaired) electrons. The normalized spacial score (nSPS) is 12.4. The Morgan fingerprint density at radius 1 is 1.19 bits per heavy atom. The lowest BCUT2D eigenvalue weighted by Gasteiger charge is -2.22. The van der Waals surface area contributed by atoms with Crippen LogP contribution in [-0.2, 0) is 6.42 Å². The number of hydrogen-bond donors (Lipinski definition) is 2. The van der Waals surface area contributed by atoms with Crippen LogP contribution in [0.15, 0.2) is 42.6 Å². The maximum atomic E-state index is 5.90. The van der Waals surface area contributed by atoms with Gasteiger partial charge in [-0.15, -0.1) is 0 Å². The van der Waals surface area contributed by atoms with E-state index in [0.29, 0.717) is 0 Å². The maximum Gasteiger partial charge on any atom is 0.124 e. The van der Waals surface area contributed by atoms with Gasteiger partial charge in [0.25, 0.3) is 0 Å². The highest BCUT2D eigenvalue weighted by molar-refractivity contribution is 5.41. The number of benzene rings is 1. The van der Waals surface area contributed by atoms with E-state index in [9.17, 15) is 0 Å². The minimum Gasteiger partial charge on any atom is -0.491 e. The summed E-state index contributed by atoms with van der Waals surface area (Å²) in [7, 11) is 0. The lowest BCUT2D eigenvalue weighted by molar-refractivity contribution is 0.238. The van der Waals surface area contributed by atoms with E-state index in [4.69, 9.17) is 10.6 Å². The van der Waals surface area contributed by atoms with Crippen molar-refractivity contribution in [3.8, 4) is 5.75 Å². The summed E-state index contributed by atoms with van der Waals surface area (Å²) in [4.78, 5) is 4.52. The molecule has 0 aliphatic heterocycles. The molecule has 1 atom stereocenters. The van der Waals surface area contributed by atoms with Crippen LogP contribution in [-0.4, -0.2) is 11.1 Å². The van der Waals surface area contributed by atoms with Crippen molar-refractivity contribution in [3.63, 3.8) is 0 Å². The number of aryl methyl sites for hydroxylation is 1. The summed E-state index contributed by atoms with van der Waals surface area (Å²) in [6.45, 7) is 6.14. The van der Waals surface area contributed by atoms with Gasteiger partial charge in [-0.1, -0.05) is 31.2 Å². The van der Waals surface area contributed by atoms with Crippen molar-refractivity contribution in [2.24, 2.45) is 5.84 Å². The molecule has 1 heterocycles. The highest BCUT2D eigenvalue weighted by Crippen LogP contribution is 2.30. The number of para-hydroxylation sites is 1. The van der Waals surface area contributed by atoms with Gasteiger partial charge in [0.1, 0.15) is 5.75 Å². The Kier molecular flexibility index (Phi) is 5.31. The Morgan fingerprint density at radius 2 is 1.95 bits per heavy atom. The smallest absolute Gasteiger partial charge is 0.124 e. The third kappa shape index (κ3) is 3.60. The van der Waals surface area contributed by atoms with Crippen molar-refractivity contribution in [2.75, 3.05) is 0 Å². The van der Waals surface area contributed by atoms with Crippen LogP contribution in [0.25, 0.3) is 0 Å². The topological polar surface area (TPSA) is 60.2 Å². The largest absolute Gasteiger partial charge is 0.491 e. The monoisotopic (exact) mass is 285 g/mol. The summed E-state index contributed by atoms with van der Waals surface area (Å²) in [5.74, 6) is 6.65. The minimum atomic E-state index is -0.184. The first-order chi connectivity index (χ1) is 10.2. The van der Waals surface area contributed by atoms with Crippen LogP contribution in [0, 0.1) is 0 Å². The van der Waals surface area contributed by atoms with E-state index in [1.54, 1.807) is 6.20 Å². The van der Waals surface area contributed by atoms with Gasteiger partial charge in [-0.05, 0) is 38.0 Å². The van der Waals surface area contributed by atoms with Gasteiger partial charge in [0, 0.05) is 11.8 Å². The van der Waals surface area contributed by atoms with E-state index < -0.39 is 0 Å². The van der Waals surface area contributed by atoms with E-state index in [1.807, 2.05) is 44.2 Å². The van der Waals surface area contributed by atoms with Crippen LogP contribution in [0.4, 0.5) is 0 Å². The second-order valence-corrected chi connectivity index (χ2v) is 5.21. The molecule has 0 saturated heterocycles. The van der Waals surface area contributed by atoms with Crippen LogP contribution < -0.4 is 16.0 Å². The van der Waals surface area contributed by atoms with Crippen molar-refractivity contribution in [1.29, 1.82) is 0 Å². The molecule has 4 heteroatoms. The third-order valence-corrected chi connectivity index (χ3v) is 3.34. The molecule has 0 saturated carbocycles. The molecule has 4 nitrogen and oxygen atoms in total. The maximum absolute atomic E-state index is 5.90. The summed E-state index contributed by atoms with van der Waals surface area (Å²) in [6.07, 6.45) is 2.82. The quantitative estimate of drug-likeness (QED) is 0.633. The third-order valence-electron chi connectivity index (χ3n) is 3.34. The molecule has 1 unspecified atom stereocenters. The number of hydrogen-bond acceptors (Lipinski definition) is 4.